The van der Waals surface area contributed by atoms with Crippen molar-refractivity contribution in [1.29, 1.82) is 0 Å². The summed E-state index contributed by atoms with van der Waals surface area (Å²) in [6.45, 7) is 5.04. The van der Waals surface area contributed by atoms with Gasteiger partial charge in [0, 0.05) is 28.4 Å². The van der Waals surface area contributed by atoms with E-state index in [4.69, 9.17) is 9.47 Å². The third-order valence-corrected chi connectivity index (χ3v) is 4.53. The van der Waals surface area contributed by atoms with Crippen molar-refractivity contribution >= 4 is 34.2 Å². The van der Waals surface area contributed by atoms with Crippen molar-refractivity contribution in [2.45, 2.75) is 6.92 Å². The number of hydrogen-bond donors (Lipinski definition) is 1. The minimum atomic E-state index is -0.314. The normalized spacial score (nSPS) is 14.8. The van der Waals surface area contributed by atoms with Gasteiger partial charge in [-0.15, -0.1) is 0 Å². The molecule has 0 amide bonds. The van der Waals surface area contributed by atoms with Gasteiger partial charge in [-0.25, -0.2) is 4.79 Å². The van der Waals surface area contributed by atoms with Crippen molar-refractivity contribution in [3.05, 3.63) is 39.7 Å². The number of ether oxygens (including phenoxy) is 2. The molecule has 0 spiro atoms. The molecule has 1 aliphatic rings. The summed E-state index contributed by atoms with van der Waals surface area (Å²) in [5.41, 5.74) is 3.53. The van der Waals surface area contributed by atoms with Crippen LogP contribution >= 0.6 is 22.6 Å². The number of rotatable bonds is 4. The molecule has 1 N–H and O–H groups in total. The summed E-state index contributed by atoms with van der Waals surface area (Å²) in [7, 11) is 0. The summed E-state index contributed by atoms with van der Waals surface area (Å²) in [4.78, 5) is 17.6. The van der Waals surface area contributed by atoms with Gasteiger partial charge in [0.05, 0.1) is 25.5 Å². The van der Waals surface area contributed by atoms with Crippen molar-refractivity contribution in [3.63, 3.8) is 0 Å². The number of nitrogens with one attached hydrogen (secondary N) is 1. The molecule has 0 aliphatic carbocycles. The van der Waals surface area contributed by atoms with Crippen molar-refractivity contribution in [1.82, 2.24) is 4.98 Å². The molecular weight excluding hydrogens is 407 g/mol. The third-order valence-electron chi connectivity index (χ3n) is 3.81. The van der Waals surface area contributed by atoms with Crippen LogP contribution in [-0.2, 0) is 9.47 Å². The molecule has 1 aromatic heterocycles. The number of hydrogen-bond acceptors (Lipinski definition) is 4. The highest BCUT2D eigenvalue weighted by Crippen LogP contribution is 2.35. The van der Waals surface area contributed by atoms with E-state index >= 15 is 0 Å². The van der Waals surface area contributed by atoms with Gasteiger partial charge in [-0.1, -0.05) is 12.1 Å². The highest BCUT2D eigenvalue weighted by Gasteiger charge is 2.25. The van der Waals surface area contributed by atoms with E-state index in [2.05, 4.69) is 56.7 Å². The maximum absolute atomic E-state index is 12.3. The van der Waals surface area contributed by atoms with Crippen molar-refractivity contribution in [2.24, 2.45) is 0 Å². The molecule has 2 heterocycles. The van der Waals surface area contributed by atoms with E-state index < -0.39 is 0 Å². The summed E-state index contributed by atoms with van der Waals surface area (Å²) < 4.78 is 11.8. The van der Waals surface area contributed by atoms with E-state index in [-0.39, 0.29) is 5.97 Å². The van der Waals surface area contributed by atoms with Crippen LogP contribution in [0.2, 0.25) is 0 Å². The SMILES string of the molecule is CCOC(=O)c1[nH]cc(-c2ccc(I)cc2)c1N1CCOCC1. The Morgan fingerprint density at radius 1 is 1.30 bits per heavy atom. The fraction of sp³-hybridized carbons (Fsp3) is 0.353. The zero-order chi connectivity index (χ0) is 16.2. The molecule has 5 nitrogen and oxygen atoms in total. The molecule has 0 radical (unpaired) electrons. The summed E-state index contributed by atoms with van der Waals surface area (Å²) in [5.74, 6) is -0.314. The molecule has 0 atom stereocenters. The van der Waals surface area contributed by atoms with Crippen LogP contribution in [0, 0.1) is 3.57 Å². The lowest BCUT2D eigenvalue weighted by Gasteiger charge is -2.30. The Kier molecular flexibility index (Phi) is 5.22. The fourth-order valence-electron chi connectivity index (χ4n) is 2.74. The average Bonchev–Trinajstić information content (AvgIpc) is 3.01. The van der Waals surface area contributed by atoms with Gasteiger partial charge in [-0.05, 0) is 47.2 Å². The van der Waals surface area contributed by atoms with E-state index in [1.54, 1.807) is 0 Å². The zero-order valence-electron chi connectivity index (χ0n) is 13.0. The lowest BCUT2D eigenvalue weighted by Crippen LogP contribution is -2.37. The highest BCUT2D eigenvalue weighted by molar-refractivity contribution is 14.1. The Morgan fingerprint density at radius 3 is 2.65 bits per heavy atom. The van der Waals surface area contributed by atoms with Gasteiger partial charge in [0.15, 0.2) is 0 Å². The zero-order valence-corrected chi connectivity index (χ0v) is 15.1. The topological polar surface area (TPSA) is 54.6 Å². The van der Waals surface area contributed by atoms with Crippen molar-refractivity contribution < 1.29 is 14.3 Å². The molecule has 0 saturated carbocycles. The number of H-pyrrole nitrogens is 1. The molecule has 1 fully saturated rings. The largest absolute Gasteiger partial charge is 0.461 e. The molecule has 1 aromatic carbocycles. The smallest absolute Gasteiger partial charge is 0.356 e. The van der Waals surface area contributed by atoms with Gasteiger partial charge in [-0.2, -0.15) is 0 Å². The summed E-state index contributed by atoms with van der Waals surface area (Å²) in [5, 5.41) is 0. The predicted molar refractivity (Wildman–Crippen MR) is 97.9 cm³/mol. The number of benzene rings is 1. The Bertz CT molecular complexity index is 676. The number of anilines is 1. The van der Waals surface area contributed by atoms with E-state index in [0.29, 0.717) is 25.5 Å². The molecule has 23 heavy (non-hydrogen) atoms. The summed E-state index contributed by atoms with van der Waals surface area (Å²) >= 11 is 2.29. The minimum Gasteiger partial charge on any atom is -0.461 e. The van der Waals surface area contributed by atoms with Crippen LogP contribution in [0.5, 0.6) is 0 Å². The van der Waals surface area contributed by atoms with Gasteiger partial charge < -0.3 is 19.4 Å². The Labute approximate surface area is 149 Å². The van der Waals surface area contributed by atoms with Gasteiger partial charge in [0.25, 0.3) is 0 Å². The standard InChI is InChI=1S/C17H19IN2O3/c1-2-23-17(21)15-16(20-7-9-22-10-8-20)14(11-19-15)12-3-5-13(18)6-4-12/h3-6,11,19H,2,7-10H2,1H3. The van der Waals surface area contributed by atoms with Crippen LogP contribution < -0.4 is 4.90 Å². The number of carbonyl (C=O) groups is 1. The monoisotopic (exact) mass is 426 g/mol. The highest BCUT2D eigenvalue weighted by atomic mass is 127. The maximum atomic E-state index is 12.3. The first kappa shape index (κ1) is 16.3. The van der Waals surface area contributed by atoms with Crippen LogP contribution in [0.15, 0.2) is 30.5 Å². The van der Waals surface area contributed by atoms with Crippen molar-refractivity contribution in [2.75, 3.05) is 37.8 Å². The van der Waals surface area contributed by atoms with E-state index in [0.717, 1.165) is 29.9 Å². The molecule has 1 saturated heterocycles. The van der Waals surface area contributed by atoms with E-state index in [9.17, 15) is 4.79 Å². The molecule has 1 aliphatic heterocycles. The molecule has 0 unspecified atom stereocenters. The molecule has 6 heteroatoms. The summed E-state index contributed by atoms with van der Waals surface area (Å²) in [6, 6.07) is 8.28. The average molecular weight is 426 g/mol. The second kappa shape index (κ2) is 7.35. The van der Waals surface area contributed by atoms with Gasteiger partial charge in [-0.3, -0.25) is 0 Å². The minimum absolute atomic E-state index is 0.314. The number of carbonyl (C=O) groups excluding carboxylic acids is 1. The van der Waals surface area contributed by atoms with Crippen LogP contribution in [0.3, 0.4) is 0 Å². The van der Waals surface area contributed by atoms with E-state index in [1.165, 1.54) is 3.57 Å². The van der Waals surface area contributed by atoms with Crippen LogP contribution in [0.25, 0.3) is 11.1 Å². The quantitative estimate of drug-likeness (QED) is 0.603. The molecule has 3 rings (SSSR count). The maximum Gasteiger partial charge on any atom is 0.356 e. The second-order valence-corrected chi connectivity index (χ2v) is 6.50. The number of morpholine rings is 1. The lowest BCUT2D eigenvalue weighted by molar-refractivity contribution is 0.0520. The first-order valence-corrected chi connectivity index (χ1v) is 8.75. The van der Waals surface area contributed by atoms with Crippen LogP contribution in [-0.4, -0.2) is 43.9 Å². The number of nitrogens with zero attached hydrogens (tertiary/aromatic N) is 1. The third kappa shape index (κ3) is 3.53. The molecular formula is C17H19IN2O3. The fourth-order valence-corrected chi connectivity index (χ4v) is 3.10. The molecule has 122 valence electrons. The summed E-state index contributed by atoms with van der Waals surface area (Å²) in [6.07, 6.45) is 1.89. The van der Waals surface area contributed by atoms with Crippen molar-refractivity contribution in [3.8, 4) is 11.1 Å². The van der Waals surface area contributed by atoms with Gasteiger partial charge in [0.2, 0.25) is 0 Å². The Balaban J connectivity index is 2.04. The van der Waals surface area contributed by atoms with Gasteiger partial charge >= 0.3 is 5.97 Å². The van der Waals surface area contributed by atoms with Crippen LogP contribution in [0.1, 0.15) is 17.4 Å². The second-order valence-electron chi connectivity index (χ2n) is 5.25. The van der Waals surface area contributed by atoms with Gasteiger partial charge in [0.1, 0.15) is 5.69 Å². The number of halogens is 1. The Hall–Kier alpha value is -1.54. The number of aromatic nitrogens is 1. The molecule has 0 bridgehead atoms. The van der Waals surface area contributed by atoms with E-state index in [1.807, 2.05) is 13.1 Å². The molecule has 2 aromatic rings. The number of aromatic amines is 1. The lowest BCUT2D eigenvalue weighted by atomic mass is 10.1. The predicted octanol–water partition coefficient (Wildman–Crippen LogP) is 3.30. The van der Waals surface area contributed by atoms with Crippen LogP contribution in [0.4, 0.5) is 5.69 Å². The Morgan fingerprint density at radius 2 is 2.00 bits per heavy atom. The first-order valence-electron chi connectivity index (χ1n) is 7.68. The first-order chi connectivity index (χ1) is 11.2. The number of esters is 1.